The van der Waals surface area contributed by atoms with E-state index in [0.717, 1.165) is 31.2 Å². The topological polar surface area (TPSA) is 49.3 Å². The van der Waals surface area contributed by atoms with E-state index < -0.39 is 5.41 Å². The van der Waals surface area contributed by atoms with Gasteiger partial charge in [-0.3, -0.25) is 4.79 Å². The molecule has 0 saturated heterocycles. The van der Waals surface area contributed by atoms with Crippen molar-refractivity contribution in [2.45, 2.75) is 57.4 Å². The fraction of sp³-hybridized carbons (Fsp3) is 0.588. The fourth-order valence-electron chi connectivity index (χ4n) is 3.15. The van der Waals surface area contributed by atoms with Crippen molar-refractivity contribution < 1.29 is 9.90 Å². The minimum absolute atomic E-state index is 0.0182. The molecular weight excluding hydrogens is 250 g/mol. The molecule has 0 aromatic heterocycles. The van der Waals surface area contributed by atoms with Gasteiger partial charge in [0.05, 0.1) is 12.0 Å². The van der Waals surface area contributed by atoms with E-state index in [4.69, 9.17) is 5.11 Å². The highest BCUT2D eigenvalue weighted by Gasteiger charge is 2.41. The molecule has 1 amide bonds. The molecule has 1 saturated carbocycles. The average molecular weight is 275 g/mol. The summed E-state index contributed by atoms with van der Waals surface area (Å²) in [4.78, 5) is 12.8. The summed E-state index contributed by atoms with van der Waals surface area (Å²) in [5, 5.41) is 12.1. The van der Waals surface area contributed by atoms with Crippen LogP contribution in [0.25, 0.3) is 0 Å². The van der Waals surface area contributed by atoms with Crippen molar-refractivity contribution >= 4 is 5.91 Å². The first-order chi connectivity index (χ1) is 9.58. The Morgan fingerprint density at radius 2 is 2.05 bits per heavy atom. The molecule has 20 heavy (non-hydrogen) atoms. The number of rotatable bonds is 4. The van der Waals surface area contributed by atoms with E-state index in [1.165, 1.54) is 12.0 Å². The molecule has 110 valence electrons. The summed E-state index contributed by atoms with van der Waals surface area (Å²) < 4.78 is 0. The number of nitrogens with one attached hydrogen (secondary N) is 1. The van der Waals surface area contributed by atoms with Gasteiger partial charge in [-0.25, -0.2) is 0 Å². The van der Waals surface area contributed by atoms with Gasteiger partial charge in [-0.2, -0.15) is 0 Å². The summed E-state index contributed by atoms with van der Waals surface area (Å²) in [7, 11) is 0. The lowest BCUT2D eigenvalue weighted by atomic mass is 9.68. The van der Waals surface area contributed by atoms with Gasteiger partial charge in [-0.05, 0) is 32.3 Å². The van der Waals surface area contributed by atoms with E-state index in [9.17, 15) is 4.79 Å². The van der Waals surface area contributed by atoms with Gasteiger partial charge < -0.3 is 10.4 Å². The molecule has 1 atom stereocenters. The Bertz CT molecular complexity index is 464. The van der Waals surface area contributed by atoms with Crippen LogP contribution in [0.1, 0.15) is 50.2 Å². The zero-order chi connectivity index (χ0) is 14.6. The molecule has 1 aromatic carbocycles. The summed E-state index contributed by atoms with van der Waals surface area (Å²) in [6.45, 7) is 3.88. The van der Waals surface area contributed by atoms with Crippen molar-refractivity contribution in [3.8, 4) is 0 Å². The molecule has 1 aliphatic carbocycles. The average Bonchev–Trinajstić information content (AvgIpc) is 2.47. The summed E-state index contributed by atoms with van der Waals surface area (Å²) >= 11 is 0. The Hall–Kier alpha value is -1.35. The second-order valence-electron chi connectivity index (χ2n) is 6.07. The first-order valence-corrected chi connectivity index (χ1v) is 7.57. The highest BCUT2D eigenvalue weighted by atomic mass is 16.3. The molecule has 2 rings (SSSR count). The highest BCUT2D eigenvalue weighted by Crippen LogP contribution is 2.40. The van der Waals surface area contributed by atoms with Gasteiger partial charge in [0, 0.05) is 6.04 Å². The zero-order valence-corrected chi connectivity index (χ0v) is 12.5. The Kier molecular flexibility index (Phi) is 4.81. The molecule has 1 fully saturated rings. The van der Waals surface area contributed by atoms with Crippen LogP contribution < -0.4 is 5.32 Å². The normalized spacial score (nSPS) is 19.4. The predicted molar refractivity (Wildman–Crippen MR) is 80.6 cm³/mol. The van der Waals surface area contributed by atoms with Gasteiger partial charge in [0.1, 0.15) is 0 Å². The lowest BCUT2D eigenvalue weighted by Crippen LogP contribution is -2.49. The maximum Gasteiger partial charge on any atom is 0.230 e. The van der Waals surface area contributed by atoms with E-state index in [-0.39, 0.29) is 18.6 Å². The predicted octanol–water partition coefficient (Wildman–Crippen LogP) is 2.69. The minimum Gasteiger partial charge on any atom is -0.394 e. The molecule has 1 aliphatic rings. The van der Waals surface area contributed by atoms with Crippen LogP contribution in [0.2, 0.25) is 0 Å². The molecule has 0 radical (unpaired) electrons. The first kappa shape index (κ1) is 15.0. The van der Waals surface area contributed by atoms with Crippen molar-refractivity contribution in [1.82, 2.24) is 5.32 Å². The number of aliphatic hydroxyl groups excluding tert-OH is 1. The second kappa shape index (κ2) is 6.40. The molecule has 0 aliphatic heterocycles. The quantitative estimate of drug-likeness (QED) is 0.887. The maximum absolute atomic E-state index is 12.8. The molecule has 3 heteroatoms. The third-order valence-electron chi connectivity index (χ3n) is 4.36. The lowest BCUT2D eigenvalue weighted by molar-refractivity contribution is -0.129. The molecule has 1 aromatic rings. The van der Waals surface area contributed by atoms with E-state index >= 15 is 0 Å². The summed E-state index contributed by atoms with van der Waals surface area (Å²) in [6.07, 6.45) is 5.20. The third-order valence-corrected chi connectivity index (χ3v) is 4.36. The fourth-order valence-corrected chi connectivity index (χ4v) is 3.15. The summed E-state index contributed by atoms with van der Waals surface area (Å²) in [5.74, 6) is 0.0735. The third kappa shape index (κ3) is 3.04. The van der Waals surface area contributed by atoms with Gasteiger partial charge in [-0.1, -0.05) is 49.1 Å². The molecule has 2 N–H and O–H groups in total. The van der Waals surface area contributed by atoms with Gasteiger partial charge in [0.15, 0.2) is 0 Å². The number of aliphatic hydroxyl groups is 1. The SMILES string of the molecule is Cc1cccc(C2(C(=O)NC(C)CO)CCCCC2)c1. The number of hydrogen-bond acceptors (Lipinski definition) is 2. The van der Waals surface area contributed by atoms with E-state index in [1.54, 1.807) is 0 Å². The Labute approximate surface area is 121 Å². The molecule has 1 unspecified atom stereocenters. The van der Waals surface area contributed by atoms with Crippen LogP contribution in [0.5, 0.6) is 0 Å². The smallest absolute Gasteiger partial charge is 0.230 e. The van der Waals surface area contributed by atoms with Crippen LogP contribution in [0.15, 0.2) is 24.3 Å². The van der Waals surface area contributed by atoms with E-state index in [0.29, 0.717) is 0 Å². The van der Waals surface area contributed by atoms with Crippen LogP contribution in [0.4, 0.5) is 0 Å². The van der Waals surface area contributed by atoms with Crippen molar-refractivity contribution in [1.29, 1.82) is 0 Å². The lowest BCUT2D eigenvalue weighted by Gasteiger charge is -2.37. The van der Waals surface area contributed by atoms with Gasteiger partial charge in [0.25, 0.3) is 0 Å². The second-order valence-corrected chi connectivity index (χ2v) is 6.07. The van der Waals surface area contributed by atoms with E-state index in [2.05, 4.69) is 30.4 Å². The zero-order valence-electron chi connectivity index (χ0n) is 12.5. The number of aryl methyl sites for hydroxylation is 1. The molecule has 0 bridgehead atoms. The molecule has 3 nitrogen and oxygen atoms in total. The van der Waals surface area contributed by atoms with Crippen LogP contribution in [0, 0.1) is 6.92 Å². The number of benzene rings is 1. The van der Waals surface area contributed by atoms with Crippen LogP contribution in [-0.4, -0.2) is 23.7 Å². The van der Waals surface area contributed by atoms with Crippen molar-refractivity contribution in [2.75, 3.05) is 6.61 Å². The van der Waals surface area contributed by atoms with Gasteiger partial charge in [-0.15, -0.1) is 0 Å². The summed E-state index contributed by atoms with van der Waals surface area (Å²) in [5.41, 5.74) is 1.91. The van der Waals surface area contributed by atoms with Crippen LogP contribution in [0.3, 0.4) is 0 Å². The Balaban J connectivity index is 2.32. The summed E-state index contributed by atoms with van der Waals surface area (Å²) in [6, 6.07) is 8.11. The first-order valence-electron chi connectivity index (χ1n) is 7.57. The molecule has 0 spiro atoms. The maximum atomic E-state index is 12.8. The highest BCUT2D eigenvalue weighted by molar-refractivity contribution is 5.88. The van der Waals surface area contributed by atoms with E-state index in [1.807, 2.05) is 13.0 Å². The molecule has 0 heterocycles. The van der Waals surface area contributed by atoms with Crippen LogP contribution in [-0.2, 0) is 10.2 Å². The van der Waals surface area contributed by atoms with Gasteiger partial charge in [0.2, 0.25) is 5.91 Å². The monoisotopic (exact) mass is 275 g/mol. The largest absolute Gasteiger partial charge is 0.394 e. The molecular formula is C17H25NO2. The Morgan fingerprint density at radius 3 is 2.65 bits per heavy atom. The number of hydrogen-bond donors (Lipinski definition) is 2. The van der Waals surface area contributed by atoms with Crippen molar-refractivity contribution in [3.63, 3.8) is 0 Å². The van der Waals surface area contributed by atoms with Crippen molar-refractivity contribution in [2.24, 2.45) is 0 Å². The van der Waals surface area contributed by atoms with Crippen LogP contribution >= 0.6 is 0 Å². The van der Waals surface area contributed by atoms with Gasteiger partial charge >= 0.3 is 0 Å². The standard InChI is InChI=1S/C17H25NO2/c1-13-7-6-8-15(11-13)17(9-4-3-5-10-17)16(20)18-14(2)12-19/h6-8,11,14,19H,3-5,9-10,12H2,1-2H3,(H,18,20). The van der Waals surface area contributed by atoms with Crippen molar-refractivity contribution in [3.05, 3.63) is 35.4 Å². The number of amides is 1. The number of carbonyl (C=O) groups is 1. The number of carbonyl (C=O) groups excluding carboxylic acids is 1. The Morgan fingerprint density at radius 1 is 1.35 bits per heavy atom. The minimum atomic E-state index is -0.409.